The monoisotopic (exact) mass is 428 g/mol. The number of amides is 3. The molecule has 2 heterocycles. The topological polar surface area (TPSA) is 73.0 Å². The molecule has 1 N–H and O–H groups in total. The second-order valence-electron chi connectivity index (χ2n) is 8.68. The molecule has 7 nitrogen and oxygen atoms in total. The molecule has 0 aliphatic carbocycles. The van der Waals surface area contributed by atoms with E-state index in [4.69, 9.17) is 0 Å². The highest BCUT2D eigenvalue weighted by molar-refractivity contribution is 6.01. The molecule has 7 heteroatoms. The Morgan fingerprint density at radius 1 is 1.13 bits per heavy atom. The van der Waals surface area contributed by atoms with Crippen LogP contribution in [0.15, 0.2) is 24.3 Å². The molecule has 0 radical (unpaired) electrons. The van der Waals surface area contributed by atoms with Crippen molar-refractivity contribution >= 4 is 23.4 Å². The highest BCUT2D eigenvalue weighted by Gasteiger charge is 2.38. The maximum Gasteiger partial charge on any atom is 0.234 e. The fraction of sp³-hybridized carbons (Fsp3) is 0.625. The van der Waals surface area contributed by atoms with E-state index in [0.29, 0.717) is 45.2 Å². The van der Waals surface area contributed by atoms with Crippen LogP contribution in [0.1, 0.15) is 51.5 Å². The van der Waals surface area contributed by atoms with Crippen LogP contribution in [0, 0.1) is 5.92 Å². The van der Waals surface area contributed by atoms with Crippen LogP contribution in [-0.4, -0.2) is 73.3 Å². The minimum absolute atomic E-state index is 0.0271. The van der Waals surface area contributed by atoms with Crippen molar-refractivity contribution in [1.29, 1.82) is 0 Å². The largest absolute Gasteiger partial charge is 0.355 e. The van der Waals surface area contributed by atoms with Crippen molar-refractivity contribution in [2.24, 2.45) is 5.92 Å². The van der Waals surface area contributed by atoms with E-state index in [-0.39, 0.29) is 30.1 Å². The maximum atomic E-state index is 13.2. The molecule has 2 aliphatic heterocycles. The van der Waals surface area contributed by atoms with Crippen LogP contribution in [0.3, 0.4) is 0 Å². The Bertz CT molecular complexity index is 797. The molecule has 2 unspecified atom stereocenters. The van der Waals surface area contributed by atoms with Gasteiger partial charge in [-0.05, 0) is 37.3 Å². The van der Waals surface area contributed by atoms with Crippen molar-refractivity contribution in [3.8, 4) is 0 Å². The molecule has 31 heavy (non-hydrogen) atoms. The molecule has 0 spiro atoms. The number of carbonyl (C=O) groups excluding carboxylic acids is 3. The van der Waals surface area contributed by atoms with Gasteiger partial charge in [-0.25, -0.2) is 0 Å². The van der Waals surface area contributed by atoms with Crippen LogP contribution in [-0.2, 0) is 14.4 Å². The van der Waals surface area contributed by atoms with Crippen molar-refractivity contribution in [2.75, 3.05) is 50.7 Å². The van der Waals surface area contributed by atoms with E-state index in [1.807, 2.05) is 34.9 Å². The second kappa shape index (κ2) is 10.8. The lowest BCUT2D eigenvalue weighted by atomic mass is 9.96. The first-order valence-corrected chi connectivity index (χ1v) is 11.6. The summed E-state index contributed by atoms with van der Waals surface area (Å²) in [6.07, 6.45) is 2.11. The molecule has 3 amide bonds. The summed E-state index contributed by atoms with van der Waals surface area (Å²) < 4.78 is 0. The summed E-state index contributed by atoms with van der Waals surface area (Å²) in [7, 11) is 0. The third-order valence-electron chi connectivity index (χ3n) is 6.49. The second-order valence-corrected chi connectivity index (χ2v) is 8.68. The van der Waals surface area contributed by atoms with Crippen LogP contribution < -0.4 is 10.2 Å². The minimum atomic E-state index is -0.299. The van der Waals surface area contributed by atoms with Gasteiger partial charge in [-0.15, -0.1) is 0 Å². The number of para-hydroxylation sites is 1. The van der Waals surface area contributed by atoms with Gasteiger partial charge in [0.05, 0.1) is 12.5 Å². The summed E-state index contributed by atoms with van der Waals surface area (Å²) in [6, 6.07) is 8.06. The van der Waals surface area contributed by atoms with Gasteiger partial charge < -0.3 is 15.1 Å². The summed E-state index contributed by atoms with van der Waals surface area (Å²) in [5, 5.41) is 2.83. The summed E-state index contributed by atoms with van der Waals surface area (Å²) in [4.78, 5) is 43.7. The molecule has 1 aromatic carbocycles. The fourth-order valence-corrected chi connectivity index (χ4v) is 4.54. The Morgan fingerprint density at radius 2 is 1.90 bits per heavy atom. The maximum absolute atomic E-state index is 13.2. The van der Waals surface area contributed by atoms with Crippen LogP contribution in [0.25, 0.3) is 0 Å². The normalized spacial score (nSPS) is 21.1. The molecule has 0 bridgehead atoms. The molecule has 2 aliphatic rings. The Labute approximate surface area is 185 Å². The van der Waals surface area contributed by atoms with Crippen LogP contribution in [0.5, 0.6) is 0 Å². The third kappa shape index (κ3) is 5.64. The quantitative estimate of drug-likeness (QED) is 0.723. The zero-order valence-corrected chi connectivity index (χ0v) is 19.1. The number of anilines is 1. The fourth-order valence-electron chi connectivity index (χ4n) is 4.54. The van der Waals surface area contributed by atoms with Gasteiger partial charge in [0.25, 0.3) is 0 Å². The van der Waals surface area contributed by atoms with Crippen LogP contribution >= 0.6 is 0 Å². The molecular weight excluding hydrogens is 392 g/mol. The number of carbonyl (C=O) groups is 3. The summed E-state index contributed by atoms with van der Waals surface area (Å²) in [6.45, 7) is 10.5. The number of nitrogens with one attached hydrogen (secondary N) is 1. The number of hydrogen-bond donors (Lipinski definition) is 1. The molecular formula is C24H36N4O3. The van der Waals surface area contributed by atoms with Gasteiger partial charge in [0.2, 0.25) is 17.7 Å². The standard InChI is InChI=1S/C24H36N4O3/c1-4-18(3)20-9-6-7-10-21(20)28-16-19(15-23(28)30)24(31)27-12-8-11-26(13-14-27)17-22(29)25-5-2/h6-7,9-10,18-19H,4-5,8,11-17H2,1-3H3,(H,25,29). The first kappa shape index (κ1) is 23.3. The number of benzene rings is 1. The molecule has 0 saturated carbocycles. The first-order chi connectivity index (χ1) is 14.9. The number of hydrogen-bond acceptors (Lipinski definition) is 4. The van der Waals surface area contributed by atoms with Crippen molar-refractivity contribution < 1.29 is 14.4 Å². The van der Waals surface area contributed by atoms with E-state index in [9.17, 15) is 14.4 Å². The zero-order chi connectivity index (χ0) is 22.4. The molecule has 2 atom stereocenters. The van der Waals surface area contributed by atoms with Gasteiger partial charge in [-0.3, -0.25) is 19.3 Å². The van der Waals surface area contributed by atoms with Gasteiger partial charge in [0, 0.05) is 51.4 Å². The van der Waals surface area contributed by atoms with Crippen LogP contribution in [0.2, 0.25) is 0 Å². The average molecular weight is 429 g/mol. The number of nitrogens with zero attached hydrogens (tertiary/aromatic N) is 3. The van der Waals surface area contributed by atoms with Gasteiger partial charge in [-0.1, -0.05) is 32.0 Å². The van der Waals surface area contributed by atoms with Crippen molar-refractivity contribution in [2.45, 2.75) is 46.0 Å². The smallest absolute Gasteiger partial charge is 0.234 e. The van der Waals surface area contributed by atoms with E-state index in [1.165, 1.54) is 5.56 Å². The SMILES string of the molecule is CCNC(=O)CN1CCCN(C(=O)C2CC(=O)N(c3ccccc3C(C)CC)C2)CC1. The van der Waals surface area contributed by atoms with Crippen molar-refractivity contribution in [3.63, 3.8) is 0 Å². The van der Waals surface area contributed by atoms with E-state index in [1.54, 1.807) is 0 Å². The predicted octanol–water partition coefficient (Wildman–Crippen LogP) is 2.22. The number of rotatable bonds is 7. The number of likely N-dealkylation sites (N-methyl/N-ethyl adjacent to an activating group) is 1. The van der Waals surface area contributed by atoms with Crippen LogP contribution in [0.4, 0.5) is 5.69 Å². The van der Waals surface area contributed by atoms with Crippen molar-refractivity contribution in [1.82, 2.24) is 15.1 Å². The summed E-state index contributed by atoms with van der Waals surface area (Å²) in [5.41, 5.74) is 2.11. The Balaban J connectivity index is 1.63. The lowest BCUT2D eigenvalue weighted by Crippen LogP contribution is -2.41. The summed E-state index contributed by atoms with van der Waals surface area (Å²) >= 11 is 0. The Kier molecular flexibility index (Phi) is 8.07. The summed E-state index contributed by atoms with van der Waals surface area (Å²) in [5.74, 6) is 0.186. The zero-order valence-electron chi connectivity index (χ0n) is 19.1. The Hall–Kier alpha value is -2.41. The third-order valence-corrected chi connectivity index (χ3v) is 6.49. The van der Waals surface area contributed by atoms with E-state index >= 15 is 0 Å². The highest BCUT2D eigenvalue weighted by Crippen LogP contribution is 2.34. The first-order valence-electron chi connectivity index (χ1n) is 11.6. The lowest BCUT2D eigenvalue weighted by molar-refractivity contribution is -0.135. The lowest BCUT2D eigenvalue weighted by Gasteiger charge is -2.25. The molecule has 1 aromatic rings. The van der Waals surface area contributed by atoms with Gasteiger partial charge in [0.1, 0.15) is 0 Å². The van der Waals surface area contributed by atoms with Gasteiger partial charge in [-0.2, -0.15) is 0 Å². The van der Waals surface area contributed by atoms with E-state index in [2.05, 4.69) is 30.1 Å². The predicted molar refractivity (Wildman–Crippen MR) is 122 cm³/mol. The molecule has 2 fully saturated rings. The molecule has 3 rings (SSSR count). The average Bonchev–Trinajstić information content (AvgIpc) is 3.00. The molecule has 170 valence electrons. The highest BCUT2D eigenvalue weighted by atomic mass is 16.2. The van der Waals surface area contributed by atoms with Gasteiger partial charge in [0.15, 0.2) is 0 Å². The van der Waals surface area contributed by atoms with E-state index < -0.39 is 0 Å². The van der Waals surface area contributed by atoms with Gasteiger partial charge >= 0.3 is 0 Å². The minimum Gasteiger partial charge on any atom is -0.355 e. The Morgan fingerprint density at radius 3 is 2.65 bits per heavy atom. The molecule has 2 saturated heterocycles. The molecule has 0 aromatic heterocycles. The van der Waals surface area contributed by atoms with E-state index in [0.717, 1.165) is 25.1 Å². The van der Waals surface area contributed by atoms with Crippen molar-refractivity contribution in [3.05, 3.63) is 29.8 Å².